The molecule has 3 fully saturated rings. The zero-order valence-corrected chi connectivity index (χ0v) is 42.9. The van der Waals surface area contributed by atoms with E-state index >= 15 is 14.4 Å². The van der Waals surface area contributed by atoms with Crippen molar-refractivity contribution < 1.29 is 78.2 Å². The Morgan fingerprint density at radius 3 is 0.788 bits per heavy atom. The van der Waals surface area contributed by atoms with Crippen molar-refractivity contribution in [3.8, 4) is 0 Å². The fourth-order valence-electron chi connectivity index (χ4n) is 6.54. The average Bonchev–Trinajstić information content (AvgIpc) is 2.80. The van der Waals surface area contributed by atoms with Crippen LogP contribution in [0, 0.1) is 35.5 Å². The third-order valence-corrected chi connectivity index (χ3v) is 38.7. The Balaban J connectivity index is 0.00000256. The van der Waals surface area contributed by atoms with E-state index in [1.807, 2.05) is 83.1 Å². The van der Waals surface area contributed by atoms with E-state index in [0.29, 0.717) is 13.0 Å². The standard InChI is InChI=1S/C27H62NO12Si7.C3H7O.Ti/c1-22(2)16-41(29)32-45(19-25(7)8)34-42(30,17-23(3)4)36-47(21-27(11)12)37-43(31,18-24(5)6)35-46(33-41,20-26(9)10)39-44(38-45,40-47)15-13-14-28;1-3(2)4;/h22-27H,13-21,28H2,1-12H3;3H,1-2H3;/q-3;-1;+4. The number of nitrogens with two attached hydrogens (primary N) is 1. The Kier molecular flexibility index (Phi) is 20.5. The summed E-state index contributed by atoms with van der Waals surface area (Å²) in [7, 11) is -30.7. The van der Waals surface area contributed by atoms with Gasteiger partial charge in [0.2, 0.25) is 26.4 Å². The van der Waals surface area contributed by atoms with E-state index in [4.69, 9.17) is 42.8 Å². The van der Waals surface area contributed by atoms with Gasteiger partial charge in [0, 0.05) is 24.2 Å². The maximum atomic E-state index is 15.2. The number of fused-ring (bicyclic) bond motifs is 3. The summed E-state index contributed by atoms with van der Waals surface area (Å²) in [5.41, 5.74) is 6.08. The molecule has 0 radical (unpaired) electrons. The Labute approximate surface area is 337 Å². The molecule has 0 spiro atoms. The Morgan fingerprint density at radius 2 is 0.615 bits per heavy atom. The molecule has 0 aromatic rings. The van der Waals surface area contributed by atoms with E-state index in [2.05, 4.69) is 0 Å². The molecule has 2 N–H and O–H groups in total. The molecule has 3 heterocycles. The number of rotatable bonds is 15. The monoisotopic (exact) mass is 895 g/mol. The third kappa shape index (κ3) is 16.1. The van der Waals surface area contributed by atoms with Gasteiger partial charge in [-0.1, -0.05) is 96.9 Å². The number of hydrogen-bond donors (Lipinski definition) is 1. The smallest absolute Gasteiger partial charge is 0.852 e. The fraction of sp³-hybridized carbons (Fsp3) is 1.00. The summed E-state index contributed by atoms with van der Waals surface area (Å²) in [5.74, 6) is -0.668. The molecule has 0 atom stereocenters. The molecule has 0 aromatic carbocycles. The summed E-state index contributed by atoms with van der Waals surface area (Å²) in [6, 6.07) is 0.727. The summed E-state index contributed by atoms with van der Waals surface area (Å²) >= 11 is 0. The molecule has 3 saturated heterocycles. The molecular formula is C30H69NO13Si7Ti. The van der Waals surface area contributed by atoms with E-state index in [-0.39, 0.29) is 99.5 Å². The van der Waals surface area contributed by atoms with Gasteiger partial charge < -0.3 is 62.3 Å². The zero-order valence-electron chi connectivity index (χ0n) is 34.3. The van der Waals surface area contributed by atoms with Gasteiger partial charge in [-0.05, 0) is 66.6 Å². The van der Waals surface area contributed by atoms with Gasteiger partial charge >= 0.3 is 56.9 Å². The van der Waals surface area contributed by atoms with Crippen molar-refractivity contribution in [1.82, 2.24) is 0 Å². The SMILES string of the molecule is CC(C)C[Si]1([O-])O[Si]2(CC(C)C)O[Si]([O-])(CC(C)C)O[Si]3(CC(C)C)O[Si]([O-])(CC(C)C)O[Si](CC(C)C)(O1)O[Si](CCCN)(O2)O3.CC(C)[O-].[Ti+4]. The van der Waals surface area contributed by atoms with Gasteiger partial charge in [0.05, 0.1) is 0 Å². The van der Waals surface area contributed by atoms with Gasteiger partial charge in [-0.15, -0.1) is 6.10 Å². The minimum atomic E-state index is -4.59. The molecule has 0 amide bonds. The van der Waals surface area contributed by atoms with Crippen LogP contribution in [0.5, 0.6) is 0 Å². The van der Waals surface area contributed by atoms with Gasteiger partial charge in [0.1, 0.15) is 0 Å². The van der Waals surface area contributed by atoms with Crippen molar-refractivity contribution in [1.29, 1.82) is 0 Å². The van der Waals surface area contributed by atoms with Crippen LogP contribution >= 0.6 is 0 Å². The molecule has 22 heteroatoms. The Morgan fingerprint density at radius 1 is 0.404 bits per heavy atom. The quantitative estimate of drug-likeness (QED) is 0.235. The molecule has 3 aliphatic heterocycles. The minimum absolute atomic E-state index is 0. The van der Waals surface area contributed by atoms with Crippen molar-refractivity contribution in [3.63, 3.8) is 0 Å². The van der Waals surface area contributed by atoms with Crippen molar-refractivity contribution in [2.45, 2.75) is 152 Å². The van der Waals surface area contributed by atoms with Crippen LogP contribution in [0.15, 0.2) is 0 Å². The summed E-state index contributed by atoms with van der Waals surface area (Å²) in [6.07, 6.45) is 0.0144. The molecule has 3 aliphatic rings. The largest absolute Gasteiger partial charge is 4.00 e. The number of hydrogen-bond acceptors (Lipinski definition) is 14. The predicted octanol–water partition coefficient (Wildman–Crippen LogP) is 2.87. The zero-order chi connectivity index (χ0) is 39.3. The maximum absolute atomic E-state index is 15.2. The van der Waals surface area contributed by atoms with Crippen LogP contribution in [0.25, 0.3) is 0 Å². The summed E-state index contributed by atoms with van der Waals surface area (Å²) in [5, 5.41) is 9.53. The Bertz CT molecular complexity index is 943. The summed E-state index contributed by atoms with van der Waals surface area (Å²) < 4.78 is 61.8. The first-order chi connectivity index (χ1) is 23.2. The molecule has 14 nitrogen and oxygen atoms in total. The third-order valence-electron chi connectivity index (χ3n) is 7.44. The molecule has 0 aromatic heterocycles. The van der Waals surface area contributed by atoms with Crippen LogP contribution in [-0.2, 0) is 58.8 Å². The van der Waals surface area contributed by atoms with Crippen LogP contribution in [0.3, 0.4) is 0 Å². The first-order valence-corrected chi connectivity index (χ1v) is 32.5. The fourth-order valence-corrected chi connectivity index (χ4v) is 44.6. The molecule has 0 aliphatic carbocycles. The molecule has 0 unspecified atom stereocenters. The van der Waals surface area contributed by atoms with Gasteiger partial charge in [-0.3, -0.25) is 0 Å². The predicted molar refractivity (Wildman–Crippen MR) is 202 cm³/mol. The van der Waals surface area contributed by atoms with Crippen molar-refractivity contribution in [3.05, 3.63) is 0 Å². The van der Waals surface area contributed by atoms with Gasteiger partial charge in [-0.2, -0.15) is 0 Å². The molecule has 52 heavy (non-hydrogen) atoms. The van der Waals surface area contributed by atoms with Crippen molar-refractivity contribution in [2.24, 2.45) is 41.2 Å². The van der Waals surface area contributed by atoms with Gasteiger partial charge in [0.15, 0.2) is 0 Å². The summed E-state index contributed by atoms with van der Waals surface area (Å²) in [6.45, 7) is 26.7. The van der Waals surface area contributed by atoms with Crippen molar-refractivity contribution in [2.75, 3.05) is 6.54 Å². The van der Waals surface area contributed by atoms with Crippen molar-refractivity contribution >= 4 is 61.6 Å². The Hall–Kier alpha value is 1.67. The maximum Gasteiger partial charge on any atom is 4.00 e. The van der Waals surface area contributed by atoms with Crippen LogP contribution in [0.1, 0.15) is 103 Å². The molecule has 3 rings (SSSR count). The molecule has 4 bridgehead atoms. The summed E-state index contributed by atoms with van der Waals surface area (Å²) in [4.78, 5) is 45.7. The van der Waals surface area contributed by atoms with E-state index < -0.39 is 67.7 Å². The minimum Gasteiger partial charge on any atom is -0.852 e. The van der Waals surface area contributed by atoms with Gasteiger partial charge in [-0.25, -0.2) is 0 Å². The van der Waals surface area contributed by atoms with Gasteiger partial charge in [0.25, 0.3) is 0 Å². The molecular weight excluding hydrogens is 827 g/mol. The normalized spacial score (nSPS) is 36.8. The second kappa shape index (κ2) is 20.6. The van der Waals surface area contributed by atoms with Crippen LogP contribution in [0.2, 0.25) is 42.3 Å². The van der Waals surface area contributed by atoms with Crippen LogP contribution < -0.4 is 25.2 Å². The van der Waals surface area contributed by atoms with E-state index in [9.17, 15) is 5.11 Å². The molecule has 304 valence electrons. The second-order valence-corrected chi connectivity index (χ2v) is 37.1. The van der Waals surface area contributed by atoms with E-state index in [0.717, 1.165) is 0 Å². The first kappa shape index (κ1) is 51.7. The first-order valence-electron chi connectivity index (χ1n) is 18.9. The topological polar surface area (TPSA) is 201 Å². The average molecular weight is 896 g/mol. The van der Waals surface area contributed by atoms with Crippen LogP contribution in [-0.4, -0.2) is 74.3 Å². The van der Waals surface area contributed by atoms with E-state index in [1.165, 1.54) is 0 Å². The molecule has 0 saturated carbocycles. The van der Waals surface area contributed by atoms with Crippen LogP contribution in [0.4, 0.5) is 0 Å². The second-order valence-electron chi connectivity index (χ2n) is 17.2. The van der Waals surface area contributed by atoms with E-state index in [1.54, 1.807) is 13.8 Å².